The first kappa shape index (κ1) is 10.9. The lowest BCUT2D eigenvalue weighted by Crippen LogP contribution is -1.99. The summed E-state index contributed by atoms with van der Waals surface area (Å²) in [6.07, 6.45) is 1.69. The molecule has 0 radical (unpaired) electrons. The molecule has 0 N–H and O–H groups in total. The number of para-hydroxylation sites is 1. The van der Waals surface area contributed by atoms with Crippen molar-refractivity contribution in [2.45, 2.75) is 0 Å². The molecule has 0 saturated heterocycles. The van der Waals surface area contributed by atoms with Gasteiger partial charge in [0.15, 0.2) is 0 Å². The van der Waals surface area contributed by atoms with E-state index in [1.807, 2.05) is 36.4 Å². The minimum absolute atomic E-state index is 0.468. The highest BCUT2D eigenvalue weighted by Crippen LogP contribution is 2.18. The van der Waals surface area contributed by atoms with Gasteiger partial charge in [0.1, 0.15) is 11.4 Å². The van der Waals surface area contributed by atoms with E-state index in [1.54, 1.807) is 12.3 Å². The maximum absolute atomic E-state index is 6.07. The maximum Gasteiger partial charge on any atom is 0.223 e. The Morgan fingerprint density at radius 1 is 1.00 bits per heavy atom. The molecule has 0 bridgehead atoms. The topological polar surface area (TPSA) is 56.5 Å². The molecule has 1 aromatic carbocycles. The van der Waals surface area contributed by atoms with E-state index in [1.165, 1.54) is 4.80 Å². The standard InChI is InChI=1S/C12H8ClN5/c13-9-5-1-2-7-11(9)18-16-12(15-17-18)10-6-3-4-8-14-10/h1-8H. The predicted octanol–water partition coefficient (Wildman–Crippen LogP) is 2.38. The van der Waals surface area contributed by atoms with Gasteiger partial charge in [-0.1, -0.05) is 29.8 Å². The Labute approximate surface area is 108 Å². The zero-order valence-corrected chi connectivity index (χ0v) is 9.99. The lowest BCUT2D eigenvalue weighted by Gasteiger charge is -1.99. The van der Waals surface area contributed by atoms with Crippen molar-refractivity contribution in [3.05, 3.63) is 53.7 Å². The largest absolute Gasteiger partial charge is 0.253 e. The van der Waals surface area contributed by atoms with Gasteiger partial charge in [0, 0.05) is 6.20 Å². The summed E-state index contributed by atoms with van der Waals surface area (Å²) in [5, 5.41) is 12.8. The van der Waals surface area contributed by atoms with Crippen LogP contribution in [0.1, 0.15) is 0 Å². The fraction of sp³-hybridized carbons (Fsp3) is 0. The highest BCUT2D eigenvalue weighted by atomic mass is 35.5. The number of rotatable bonds is 2. The zero-order valence-electron chi connectivity index (χ0n) is 9.23. The summed E-state index contributed by atoms with van der Waals surface area (Å²) in [4.78, 5) is 5.56. The van der Waals surface area contributed by atoms with Crippen molar-refractivity contribution in [3.8, 4) is 17.2 Å². The average molecular weight is 258 g/mol. The molecule has 0 spiro atoms. The molecule has 0 aliphatic heterocycles. The van der Waals surface area contributed by atoms with E-state index in [0.717, 1.165) is 0 Å². The van der Waals surface area contributed by atoms with Crippen LogP contribution < -0.4 is 0 Å². The molecule has 2 heterocycles. The van der Waals surface area contributed by atoms with Crippen molar-refractivity contribution < 1.29 is 0 Å². The Morgan fingerprint density at radius 3 is 2.61 bits per heavy atom. The van der Waals surface area contributed by atoms with Gasteiger partial charge in [-0.3, -0.25) is 4.98 Å². The van der Waals surface area contributed by atoms with Crippen LogP contribution in [-0.4, -0.2) is 25.2 Å². The lowest BCUT2D eigenvalue weighted by atomic mass is 10.3. The third kappa shape index (κ3) is 1.96. The smallest absolute Gasteiger partial charge is 0.223 e. The number of benzene rings is 1. The first-order valence-electron chi connectivity index (χ1n) is 5.31. The molecule has 6 heteroatoms. The van der Waals surface area contributed by atoms with E-state index >= 15 is 0 Å². The van der Waals surface area contributed by atoms with Crippen LogP contribution in [0.3, 0.4) is 0 Å². The van der Waals surface area contributed by atoms with Crippen molar-refractivity contribution in [1.82, 2.24) is 25.2 Å². The van der Waals surface area contributed by atoms with Crippen molar-refractivity contribution in [1.29, 1.82) is 0 Å². The van der Waals surface area contributed by atoms with Crippen LogP contribution in [0.25, 0.3) is 17.2 Å². The number of nitrogens with zero attached hydrogens (tertiary/aromatic N) is 5. The lowest BCUT2D eigenvalue weighted by molar-refractivity contribution is 0.720. The molecule has 3 rings (SSSR count). The molecular formula is C12H8ClN5. The van der Waals surface area contributed by atoms with Gasteiger partial charge in [0.25, 0.3) is 0 Å². The molecule has 0 unspecified atom stereocenters. The number of tetrazole rings is 1. The van der Waals surface area contributed by atoms with Crippen LogP contribution in [0, 0.1) is 0 Å². The molecule has 0 fully saturated rings. The van der Waals surface area contributed by atoms with Gasteiger partial charge >= 0.3 is 0 Å². The van der Waals surface area contributed by atoms with Crippen molar-refractivity contribution in [2.75, 3.05) is 0 Å². The third-order valence-electron chi connectivity index (χ3n) is 2.38. The number of aromatic nitrogens is 5. The van der Waals surface area contributed by atoms with Crippen molar-refractivity contribution in [3.63, 3.8) is 0 Å². The van der Waals surface area contributed by atoms with E-state index in [4.69, 9.17) is 11.6 Å². The molecule has 0 aliphatic rings. The molecule has 0 saturated carbocycles. The van der Waals surface area contributed by atoms with Crippen molar-refractivity contribution >= 4 is 11.6 Å². The fourth-order valence-electron chi connectivity index (χ4n) is 1.53. The van der Waals surface area contributed by atoms with E-state index in [-0.39, 0.29) is 0 Å². The summed E-state index contributed by atoms with van der Waals surface area (Å²) in [5.74, 6) is 0.468. The second-order valence-electron chi connectivity index (χ2n) is 3.57. The average Bonchev–Trinajstić information content (AvgIpc) is 2.90. The zero-order chi connectivity index (χ0) is 12.4. The molecule has 5 nitrogen and oxygen atoms in total. The van der Waals surface area contributed by atoms with Crippen LogP contribution >= 0.6 is 11.6 Å². The van der Waals surface area contributed by atoms with Gasteiger partial charge in [-0.05, 0) is 29.5 Å². The van der Waals surface area contributed by atoms with Crippen LogP contribution in [0.2, 0.25) is 5.02 Å². The van der Waals surface area contributed by atoms with Gasteiger partial charge < -0.3 is 0 Å². The summed E-state index contributed by atoms with van der Waals surface area (Å²) in [7, 11) is 0. The molecule has 0 atom stereocenters. The van der Waals surface area contributed by atoms with Crippen LogP contribution in [-0.2, 0) is 0 Å². The summed E-state index contributed by atoms with van der Waals surface area (Å²) in [5.41, 5.74) is 1.37. The highest BCUT2D eigenvalue weighted by molar-refractivity contribution is 6.32. The Balaban J connectivity index is 2.03. The number of hydrogen-bond acceptors (Lipinski definition) is 4. The van der Waals surface area contributed by atoms with Crippen LogP contribution in [0.4, 0.5) is 0 Å². The molecular weight excluding hydrogens is 250 g/mol. The monoisotopic (exact) mass is 257 g/mol. The van der Waals surface area contributed by atoms with Crippen LogP contribution in [0.5, 0.6) is 0 Å². The van der Waals surface area contributed by atoms with Crippen LogP contribution in [0.15, 0.2) is 48.7 Å². The van der Waals surface area contributed by atoms with E-state index in [0.29, 0.717) is 22.2 Å². The first-order chi connectivity index (χ1) is 8.84. The Bertz CT molecular complexity index is 665. The summed E-state index contributed by atoms with van der Waals surface area (Å²) >= 11 is 6.07. The molecule has 0 amide bonds. The number of hydrogen-bond donors (Lipinski definition) is 0. The summed E-state index contributed by atoms with van der Waals surface area (Å²) in [6.45, 7) is 0. The van der Waals surface area contributed by atoms with Gasteiger partial charge in [-0.2, -0.15) is 0 Å². The molecule has 3 aromatic rings. The molecule has 88 valence electrons. The SMILES string of the molecule is Clc1ccccc1-n1nnc(-c2ccccn2)n1. The number of pyridine rings is 1. The quantitative estimate of drug-likeness (QED) is 0.707. The second kappa shape index (κ2) is 4.54. The van der Waals surface area contributed by atoms with Gasteiger partial charge in [0.2, 0.25) is 5.82 Å². The Hall–Kier alpha value is -2.27. The highest BCUT2D eigenvalue weighted by Gasteiger charge is 2.09. The Kier molecular flexibility index (Phi) is 2.74. The van der Waals surface area contributed by atoms with Gasteiger partial charge in [-0.25, -0.2) is 0 Å². The van der Waals surface area contributed by atoms with Crippen molar-refractivity contribution in [2.24, 2.45) is 0 Å². The minimum Gasteiger partial charge on any atom is -0.253 e. The third-order valence-corrected chi connectivity index (χ3v) is 2.70. The van der Waals surface area contributed by atoms with Gasteiger partial charge in [-0.15, -0.1) is 15.0 Å². The summed E-state index contributed by atoms with van der Waals surface area (Å²) < 4.78 is 0. The van der Waals surface area contributed by atoms with Gasteiger partial charge in [0.05, 0.1) is 5.02 Å². The normalized spacial score (nSPS) is 10.5. The maximum atomic E-state index is 6.07. The predicted molar refractivity (Wildman–Crippen MR) is 67.4 cm³/mol. The molecule has 2 aromatic heterocycles. The van der Waals surface area contributed by atoms with E-state index in [2.05, 4.69) is 20.4 Å². The molecule has 18 heavy (non-hydrogen) atoms. The van der Waals surface area contributed by atoms with E-state index < -0.39 is 0 Å². The minimum atomic E-state index is 0.468. The fourth-order valence-corrected chi connectivity index (χ4v) is 1.74. The summed E-state index contributed by atoms with van der Waals surface area (Å²) in [6, 6.07) is 12.9. The molecule has 0 aliphatic carbocycles. The second-order valence-corrected chi connectivity index (χ2v) is 3.98. The number of halogens is 1. The first-order valence-corrected chi connectivity index (χ1v) is 5.69. The van der Waals surface area contributed by atoms with E-state index in [9.17, 15) is 0 Å². The Morgan fingerprint density at radius 2 is 1.83 bits per heavy atom.